The summed E-state index contributed by atoms with van der Waals surface area (Å²) >= 11 is 7.44. The van der Waals surface area contributed by atoms with Crippen LogP contribution in [-0.4, -0.2) is 36.1 Å². The molecule has 2 aliphatic heterocycles. The number of carbonyl (C=O) groups excluding carboxylic acids is 2. The van der Waals surface area contributed by atoms with E-state index in [2.05, 4.69) is 0 Å². The minimum atomic E-state index is -1.19. The third-order valence-electron chi connectivity index (χ3n) is 5.99. The fourth-order valence-corrected chi connectivity index (χ4v) is 5.98. The first-order valence-corrected chi connectivity index (χ1v) is 11.8. The highest BCUT2D eigenvalue weighted by molar-refractivity contribution is 8.01. The topological polar surface area (TPSA) is 49.9 Å². The quantitative estimate of drug-likeness (QED) is 0.520. The zero-order valence-corrected chi connectivity index (χ0v) is 19.3. The lowest BCUT2D eigenvalue weighted by molar-refractivity contribution is -0.123. The molecule has 0 aromatic heterocycles. The first-order chi connectivity index (χ1) is 15.9. The van der Waals surface area contributed by atoms with E-state index in [1.165, 1.54) is 23.9 Å². The van der Waals surface area contributed by atoms with Crippen LogP contribution in [0.3, 0.4) is 0 Å². The zero-order chi connectivity index (χ0) is 23.2. The van der Waals surface area contributed by atoms with E-state index in [-0.39, 0.29) is 24.2 Å². The molecule has 1 saturated heterocycles. The Balaban J connectivity index is 1.60. The van der Waals surface area contributed by atoms with Gasteiger partial charge in [-0.15, -0.1) is 11.8 Å². The number of anilines is 1. The van der Waals surface area contributed by atoms with E-state index in [1.54, 1.807) is 59.4 Å². The molecular formula is C25H20ClFN2O3S. The van der Waals surface area contributed by atoms with Crippen LogP contribution in [0.1, 0.15) is 21.5 Å². The van der Waals surface area contributed by atoms with Gasteiger partial charge in [0.15, 0.2) is 4.87 Å². The molecule has 5 nitrogen and oxygen atoms in total. The summed E-state index contributed by atoms with van der Waals surface area (Å²) in [5.41, 5.74) is 2.70. The van der Waals surface area contributed by atoms with Gasteiger partial charge >= 0.3 is 0 Å². The van der Waals surface area contributed by atoms with Crippen molar-refractivity contribution in [1.82, 2.24) is 4.90 Å². The summed E-state index contributed by atoms with van der Waals surface area (Å²) in [7, 11) is 1.57. The molecule has 0 aliphatic carbocycles. The van der Waals surface area contributed by atoms with Crippen molar-refractivity contribution in [3.8, 4) is 5.75 Å². The summed E-state index contributed by atoms with van der Waals surface area (Å²) in [6, 6.07) is 18.2. The Morgan fingerprint density at radius 3 is 2.55 bits per heavy atom. The van der Waals surface area contributed by atoms with E-state index in [1.807, 2.05) is 12.1 Å². The molecule has 0 saturated carbocycles. The largest absolute Gasteiger partial charge is 0.497 e. The predicted octanol–water partition coefficient (Wildman–Crippen LogP) is 5.08. The number of rotatable bonds is 4. The van der Waals surface area contributed by atoms with Crippen LogP contribution >= 0.6 is 23.4 Å². The van der Waals surface area contributed by atoms with Crippen molar-refractivity contribution < 1.29 is 18.7 Å². The molecule has 3 aromatic carbocycles. The van der Waals surface area contributed by atoms with Gasteiger partial charge in [0, 0.05) is 28.4 Å². The molecule has 0 bridgehead atoms. The van der Waals surface area contributed by atoms with Crippen LogP contribution in [0, 0.1) is 5.82 Å². The smallest absolute Gasteiger partial charge is 0.268 e. The molecule has 168 valence electrons. The van der Waals surface area contributed by atoms with Crippen molar-refractivity contribution >= 4 is 40.9 Å². The monoisotopic (exact) mass is 482 g/mol. The number of nitrogens with zero attached hydrogens (tertiary/aromatic N) is 2. The molecule has 0 N–H and O–H groups in total. The van der Waals surface area contributed by atoms with Crippen LogP contribution in [0.25, 0.3) is 0 Å². The maximum Gasteiger partial charge on any atom is 0.268 e. The molecule has 1 fully saturated rings. The number of ether oxygens (including phenoxy) is 1. The van der Waals surface area contributed by atoms with Crippen molar-refractivity contribution in [1.29, 1.82) is 0 Å². The summed E-state index contributed by atoms with van der Waals surface area (Å²) in [4.78, 5) is 29.7. The van der Waals surface area contributed by atoms with Crippen molar-refractivity contribution in [2.45, 2.75) is 11.4 Å². The van der Waals surface area contributed by atoms with Crippen LogP contribution in [-0.2, 0) is 16.2 Å². The fraction of sp³-hybridized carbons (Fsp3) is 0.200. The maximum absolute atomic E-state index is 14.0. The third kappa shape index (κ3) is 3.56. The molecule has 1 spiro atoms. The van der Waals surface area contributed by atoms with Crippen LogP contribution < -0.4 is 9.64 Å². The van der Waals surface area contributed by atoms with Crippen LogP contribution in [0.15, 0.2) is 66.7 Å². The van der Waals surface area contributed by atoms with Gasteiger partial charge in [-0.2, -0.15) is 0 Å². The zero-order valence-electron chi connectivity index (χ0n) is 17.8. The minimum absolute atomic E-state index is 0.195. The van der Waals surface area contributed by atoms with Crippen molar-refractivity contribution in [2.75, 3.05) is 24.3 Å². The van der Waals surface area contributed by atoms with E-state index in [0.29, 0.717) is 34.3 Å². The summed E-state index contributed by atoms with van der Waals surface area (Å²) in [6.07, 6.45) is 0. The Hall–Kier alpha value is -3.03. The molecule has 0 radical (unpaired) electrons. The highest BCUT2D eigenvalue weighted by Gasteiger charge is 2.59. The molecule has 1 atom stereocenters. The first-order valence-electron chi connectivity index (χ1n) is 10.4. The molecule has 5 rings (SSSR count). The van der Waals surface area contributed by atoms with Crippen molar-refractivity contribution in [3.05, 3.63) is 94.3 Å². The second-order valence-electron chi connectivity index (χ2n) is 7.86. The van der Waals surface area contributed by atoms with Gasteiger partial charge in [0.1, 0.15) is 11.6 Å². The normalized spacial score (nSPS) is 19.3. The molecule has 8 heteroatoms. The van der Waals surface area contributed by atoms with Crippen molar-refractivity contribution in [2.24, 2.45) is 0 Å². The second-order valence-corrected chi connectivity index (χ2v) is 9.58. The SMILES string of the molecule is COc1ccc2c(c1)[C@]1(SCCN1C(=O)c1ccc(Cl)cc1)C(=O)N2Cc1ccc(F)cc1. The van der Waals surface area contributed by atoms with Gasteiger partial charge in [0.25, 0.3) is 11.8 Å². The van der Waals surface area contributed by atoms with Gasteiger partial charge in [-0.05, 0) is 60.2 Å². The molecule has 2 heterocycles. The summed E-state index contributed by atoms with van der Waals surface area (Å²) in [6.45, 7) is 0.697. The van der Waals surface area contributed by atoms with E-state index in [9.17, 15) is 14.0 Å². The summed E-state index contributed by atoms with van der Waals surface area (Å²) < 4.78 is 18.9. The number of hydrogen-bond donors (Lipinski definition) is 0. The number of amides is 2. The highest BCUT2D eigenvalue weighted by atomic mass is 35.5. The lowest BCUT2D eigenvalue weighted by Crippen LogP contribution is -2.50. The molecule has 3 aromatic rings. The van der Waals surface area contributed by atoms with Gasteiger partial charge in [-0.25, -0.2) is 4.39 Å². The average molecular weight is 483 g/mol. The Kier molecular flexibility index (Phi) is 5.54. The van der Waals surface area contributed by atoms with Crippen molar-refractivity contribution in [3.63, 3.8) is 0 Å². The third-order valence-corrected chi connectivity index (χ3v) is 7.66. The van der Waals surface area contributed by atoms with Gasteiger partial charge in [-0.3, -0.25) is 9.59 Å². The predicted molar refractivity (Wildman–Crippen MR) is 127 cm³/mol. The van der Waals surface area contributed by atoms with E-state index in [0.717, 1.165) is 11.1 Å². The maximum atomic E-state index is 14.0. The lowest BCUT2D eigenvalue weighted by Gasteiger charge is -2.33. The molecule has 33 heavy (non-hydrogen) atoms. The Bertz CT molecular complexity index is 1240. The van der Waals surface area contributed by atoms with E-state index >= 15 is 0 Å². The number of methoxy groups -OCH3 is 1. The van der Waals surface area contributed by atoms with Crippen LogP contribution in [0.4, 0.5) is 10.1 Å². The van der Waals surface area contributed by atoms with Gasteiger partial charge in [0.2, 0.25) is 0 Å². The minimum Gasteiger partial charge on any atom is -0.497 e. The van der Waals surface area contributed by atoms with Crippen LogP contribution in [0.5, 0.6) is 5.75 Å². The Labute approximate surface area is 200 Å². The highest BCUT2D eigenvalue weighted by Crippen LogP contribution is 2.55. The lowest BCUT2D eigenvalue weighted by atomic mass is 10.0. The fourth-order valence-electron chi connectivity index (χ4n) is 4.40. The van der Waals surface area contributed by atoms with Gasteiger partial charge < -0.3 is 14.5 Å². The van der Waals surface area contributed by atoms with E-state index in [4.69, 9.17) is 16.3 Å². The molecule has 2 aliphatic rings. The first kappa shape index (κ1) is 21.8. The second kappa shape index (κ2) is 8.39. The molecular weight excluding hydrogens is 463 g/mol. The standard InChI is InChI=1S/C25H20ClFN2O3S/c1-32-20-10-11-22-21(14-20)25(24(31)28(22)15-16-2-8-19(27)9-3-16)29(12-13-33-25)23(30)17-4-6-18(26)7-5-17/h2-11,14H,12-13,15H2,1H3/t25-/m0/s1. The van der Waals surface area contributed by atoms with Crippen LogP contribution in [0.2, 0.25) is 5.02 Å². The number of benzene rings is 3. The average Bonchev–Trinajstić information content (AvgIpc) is 3.37. The summed E-state index contributed by atoms with van der Waals surface area (Å²) in [5, 5.41) is 0.537. The number of thioether (sulfide) groups is 1. The van der Waals surface area contributed by atoms with Gasteiger partial charge in [-0.1, -0.05) is 23.7 Å². The number of carbonyl (C=O) groups is 2. The number of fused-ring (bicyclic) bond motifs is 2. The summed E-state index contributed by atoms with van der Waals surface area (Å²) in [5.74, 6) is 0.462. The number of halogens is 2. The number of hydrogen-bond acceptors (Lipinski definition) is 4. The molecule has 0 unspecified atom stereocenters. The molecule has 2 amide bonds. The Morgan fingerprint density at radius 1 is 1.12 bits per heavy atom. The Morgan fingerprint density at radius 2 is 1.85 bits per heavy atom. The van der Waals surface area contributed by atoms with E-state index < -0.39 is 4.87 Å². The van der Waals surface area contributed by atoms with Gasteiger partial charge in [0.05, 0.1) is 19.3 Å².